The highest BCUT2D eigenvalue weighted by atomic mass is 16.4. The first-order valence-corrected chi connectivity index (χ1v) is 11.4. The highest BCUT2D eigenvalue weighted by Gasteiger charge is 2.31. The maximum absolute atomic E-state index is 12.4. The van der Waals surface area contributed by atoms with E-state index in [2.05, 4.69) is 59.2 Å². The van der Waals surface area contributed by atoms with Crippen LogP contribution in [0.2, 0.25) is 0 Å². The van der Waals surface area contributed by atoms with Crippen molar-refractivity contribution in [2.24, 2.45) is 11.8 Å². The molecule has 5 nitrogen and oxygen atoms in total. The maximum atomic E-state index is 12.4. The fourth-order valence-electron chi connectivity index (χ4n) is 4.49. The molecule has 0 bridgehead atoms. The van der Waals surface area contributed by atoms with E-state index in [0.29, 0.717) is 12.3 Å². The minimum Gasteiger partial charge on any atom is -0.481 e. The van der Waals surface area contributed by atoms with Crippen LogP contribution in [0.15, 0.2) is 60.7 Å². The molecule has 3 rings (SSSR count). The zero-order chi connectivity index (χ0) is 21.9. The van der Waals surface area contributed by atoms with E-state index in [1.165, 1.54) is 11.1 Å². The Bertz CT molecular complexity index is 810. The van der Waals surface area contributed by atoms with Gasteiger partial charge in [0.2, 0.25) is 5.91 Å². The Morgan fingerprint density at radius 3 is 2.26 bits per heavy atom. The third-order valence-corrected chi connectivity index (χ3v) is 6.20. The number of hydrogen-bond donors (Lipinski definition) is 3. The highest BCUT2D eigenvalue weighted by molar-refractivity contribution is 5.79. The lowest BCUT2D eigenvalue weighted by Gasteiger charge is -2.29. The Hall–Kier alpha value is -2.66. The van der Waals surface area contributed by atoms with Crippen LogP contribution in [0, 0.1) is 11.8 Å². The molecule has 31 heavy (non-hydrogen) atoms. The molecule has 0 heterocycles. The second kappa shape index (κ2) is 12.3. The van der Waals surface area contributed by atoms with Gasteiger partial charge in [-0.3, -0.25) is 9.59 Å². The summed E-state index contributed by atoms with van der Waals surface area (Å²) < 4.78 is 0. The van der Waals surface area contributed by atoms with Gasteiger partial charge in [-0.15, -0.1) is 0 Å². The van der Waals surface area contributed by atoms with Gasteiger partial charge in [-0.1, -0.05) is 73.5 Å². The molecule has 5 heteroatoms. The Kier molecular flexibility index (Phi) is 9.10. The fraction of sp³-hybridized carbons (Fsp3) is 0.462. The van der Waals surface area contributed by atoms with E-state index in [-0.39, 0.29) is 18.5 Å². The molecule has 1 fully saturated rings. The molecule has 1 aliphatic carbocycles. The zero-order valence-corrected chi connectivity index (χ0v) is 18.1. The number of carboxylic acid groups (broad SMARTS) is 1. The van der Waals surface area contributed by atoms with Crippen molar-refractivity contribution < 1.29 is 14.7 Å². The van der Waals surface area contributed by atoms with Crippen LogP contribution in [0.4, 0.5) is 0 Å². The van der Waals surface area contributed by atoms with Gasteiger partial charge in [0.15, 0.2) is 0 Å². The lowest BCUT2D eigenvalue weighted by atomic mass is 9.84. The quantitative estimate of drug-likeness (QED) is 0.514. The minimum absolute atomic E-state index is 0.111. The van der Waals surface area contributed by atoms with E-state index in [4.69, 9.17) is 0 Å². The van der Waals surface area contributed by atoms with Gasteiger partial charge in [0.1, 0.15) is 0 Å². The summed E-state index contributed by atoms with van der Waals surface area (Å²) in [5, 5.41) is 15.7. The Labute approximate surface area is 185 Å². The molecule has 166 valence electrons. The molecule has 3 N–H and O–H groups in total. The fourth-order valence-corrected chi connectivity index (χ4v) is 4.49. The zero-order valence-electron chi connectivity index (χ0n) is 18.1. The molecule has 1 aliphatic rings. The van der Waals surface area contributed by atoms with E-state index < -0.39 is 11.9 Å². The molecule has 1 saturated carbocycles. The molecule has 0 radical (unpaired) electrons. The van der Waals surface area contributed by atoms with Gasteiger partial charge in [-0.25, -0.2) is 0 Å². The molecule has 2 aromatic carbocycles. The second-order valence-electron chi connectivity index (χ2n) is 8.61. The van der Waals surface area contributed by atoms with Gasteiger partial charge in [0.05, 0.1) is 12.5 Å². The molecule has 0 aromatic heterocycles. The molecule has 0 spiro atoms. The van der Waals surface area contributed by atoms with Crippen LogP contribution < -0.4 is 10.6 Å². The number of aliphatic carboxylic acids is 1. The predicted octanol–water partition coefficient (Wildman–Crippen LogP) is 3.83. The summed E-state index contributed by atoms with van der Waals surface area (Å²) >= 11 is 0. The topological polar surface area (TPSA) is 78.4 Å². The number of nitrogens with one attached hydrogen (secondary N) is 2. The van der Waals surface area contributed by atoms with Gasteiger partial charge < -0.3 is 15.7 Å². The number of carbonyl (C=O) groups is 2. The number of carboxylic acids is 1. The standard InChI is InChI=1S/C26H34N2O3/c29-25(28-24-14-8-7-13-23(24)26(30)31)19-27-18-22(17-21-11-5-2-6-12-21)16-15-20-9-3-1-4-10-20/h1-6,9-12,22-24,27H,7-8,13-19H2,(H,28,29)(H,30,31). The van der Waals surface area contributed by atoms with E-state index in [0.717, 1.165) is 45.1 Å². The van der Waals surface area contributed by atoms with Crippen molar-refractivity contribution in [3.63, 3.8) is 0 Å². The third-order valence-electron chi connectivity index (χ3n) is 6.20. The van der Waals surface area contributed by atoms with E-state index in [9.17, 15) is 14.7 Å². The molecule has 0 saturated heterocycles. The molecular weight excluding hydrogens is 388 g/mol. The van der Waals surface area contributed by atoms with Crippen molar-refractivity contribution >= 4 is 11.9 Å². The first-order valence-electron chi connectivity index (χ1n) is 11.4. The minimum atomic E-state index is -0.804. The first-order chi connectivity index (χ1) is 15.1. The first kappa shape index (κ1) is 23.0. The molecule has 1 amide bonds. The lowest BCUT2D eigenvalue weighted by Crippen LogP contribution is -2.48. The molecule has 2 aromatic rings. The van der Waals surface area contributed by atoms with Crippen LogP contribution in [0.1, 0.15) is 43.2 Å². The average Bonchev–Trinajstić information content (AvgIpc) is 2.79. The lowest BCUT2D eigenvalue weighted by molar-refractivity contribution is -0.144. The van der Waals surface area contributed by atoms with Gasteiger partial charge in [0, 0.05) is 6.04 Å². The van der Waals surface area contributed by atoms with Gasteiger partial charge in [-0.05, 0) is 55.7 Å². The van der Waals surface area contributed by atoms with Crippen LogP contribution in [-0.2, 0) is 22.4 Å². The summed E-state index contributed by atoms with van der Waals surface area (Å²) in [5.74, 6) is -0.965. The average molecular weight is 423 g/mol. The van der Waals surface area contributed by atoms with Gasteiger partial charge in [-0.2, -0.15) is 0 Å². The van der Waals surface area contributed by atoms with Crippen molar-refractivity contribution in [3.05, 3.63) is 71.8 Å². The summed E-state index contributed by atoms with van der Waals surface area (Å²) in [7, 11) is 0. The van der Waals surface area contributed by atoms with Crippen molar-refractivity contribution in [2.75, 3.05) is 13.1 Å². The van der Waals surface area contributed by atoms with E-state index in [1.54, 1.807) is 0 Å². The van der Waals surface area contributed by atoms with Gasteiger partial charge in [0.25, 0.3) is 0 Å². The highest BCUT2D eigenvalue weighted by Crippen LogP contribution is 2.24. The number of benzene rings is 2. The van der Waals surface area contributed by atoms with Crippen LogP contribution in [-0.4, -0.2) is 36.1 Å². The predicted molar refractivity (Wildman–Crippen MR) is 123 cm³/mol. The van der Waals surface area contributed by atoms with Crippen molar-refractivity contribution in [1.82, 2.24) is 10.6 Å². The number of carbonyl (C=O) groups excluding carboxylic acids is 1. The summed E-state index contributed by atoms with van der Waals surface area (Å²) in [6, 6.07) is 20.7. The molecule has 3 atom stereocenters. The molecule has 3 unspecified atom stereocenters. The number of aryl methyl sites for hydroxylation is 1. The Morgan fingerprint density at radius 2 is 1.58 bits per heavy atom. The van der Waals surface area contributed by atoms with E-state index in [1.807, 2.05) is 12.1 Å². The largest absolute Gasteiger partial charge is 0.481 e. The van der Waals surface area contributed by atoms with Crippen molar-refractivity contribution in [3.8, 4) is 0 Å². The summed E-state index contributed by atoms with van der Waals surface area (Å²) in [6.07, 6.45) is 6.30. The Balaban J connectivity index is 1.49. The van der Waals surface area contributed by atoms with Gasteiger partial charge >= 0.3 is 5.97 Å². The Morgan fingerprint density at radius 1 is 0.935 bits per heavy atom. The van der Waals surface area contributed by atoms with Crippen molar-refractivity contribution in [2.45, 2.75) is 51.0 Å². The van der Waals surface area contributed by atoms with Crippen LogP contribution in [0.3, 0.4) is 0 Å². The second-order valence-corrected chi connectivity index (χ2v) is 8.61. The summed E-state index contributed by atoms with van der Waals surface area (Å²) in [6.45, 7) is 0.974. The van der Waals surface area contributed by atoms with E-state index >= 15 is 0 Å². The third kappa shape index (κ3) is 7.83. The summed E-state index contributed by atoms with van der Waals surface area (Å²) in [4.78, 5) is 23.9. The summed E-state index contributed by atoms with van der Waals surface area (Å²) in [5.41, 5.74) is 2.63. The monoisotopic (exact) mass is 422 g/mol. The SMILES string of the molecule is O=C(CNCC(CCc1ccccc1)Cc1ccccc1)NC1CCCCC1C(=O)O. The normalized spacial score (nSPS) is 19.5. The molecule has 0 aliphatic heterocycles. The van der Waals surface area contributed by atoms with Crippen LogP contribution in [0.25, 0.3) is 0 Å². The van der Waals surface area contributed by atoms with Crippen molar-refractivity contribution in [1.29, 1.82) is 0 Å². The van der Waals surface area contributed by atoms with Crippen LogP contribution >= 0.6 is 0 Å². The number of amides is 1. The smallest absolute Gasteiger partial charge is 0.308 e. The maximum Gasteiger partial charge on any atom is 0.308 e. The molecular formula is C26H34N2O3. The number of rotatable bonds is 11. The number of hydrogen-bond acceptors (Lipinski definition) is 3. The van der Waals surface area contributed by atoms with Crippen LogP contribution in [0.5, 0.6) is 0 Å².